The van der Waals surface area contributed by atoms with E-state index in [-0.39, 0.29) is 29.8 Å². The Morgan fingerprint density at radius 2 is 2.31 bits per heavy atom. The van der Waals surface area contributed by atoms with Crippen molar-refractivity contribution in [1.29, 1.82) is 0 Å². The van der Waals surface area contributed by atoms with E-state index in [0.717, 1.165) is 19.3 Å². The zero-order valence-electron chi connectivity index (χ0n) is 16.2. The van der Waals surface area contributed by atoms with Crippen LogP contribution >= 0.6 is 0 Å². The van der Waals surface area contributed by atoms with E-state index in [4.69, 9.17) is 21.6 Å². The highest BCUT2D eigenvalue weighted by molar-refractivity contribution is 5.81. The number of rotatable bonds is 8. The predicted octanol–water partition coefficient (Wildman–Crippen LogP) is 1.71. The first-order chi connectivity index (χ1) is 13.9. The lowest BCUT2D eigenvalue weighted by molar-refractivity contribution is -0.158. The molecule has 29 heavy (non-hydrogen) atoms. The number of imidazole rings is 1. The predicted molar refractivity (Wildman–Crippen MR) is 102 cm³/mol. The van der Waals surface area contributed by atoms with Crippen molar-refractivity contribution in [1.82, 2.24) is 19.5 Å². The Balaban J connectivity index is 1.80. The summed E-state index contributed by atoms with van der Waals surface area (Å²) in [4.78, 5) is 23.5. The van der Waals surface area contributed by atoms with Gasteiger partial charge in [0.05, 0.1) is 12.9 Å². The first-order valence-corrected chi connectivity index (χ1v) is 9.55. The number of carbonyl (C=O) groups is 1. The fourth-order valence-corrected chi connectivity index (χ4v) is 3.40. The van der Waals surface area contributed by atoms with E-state index < -0.39 is 36.6 Å². The normalized spacial score (nSPS) is 23.9. The van der Waals surface area contributed by atoms with Gasteiger partial charge < -0.3 is 20.3 Å². The molecule has 10 heteroatoms. The van der Waals surface area contributed by atoms with Gasteiger partial charge in [0, 0.05) is 12.8 Å². The number of carbonyl (C=O) groups excluding carboxylic acids is 1. The first-order valence-electron chi connectivity index (χ1n) is 9.55. The summed E-state index contributed by atoms with van der Waals surface area (Å²) in [5.74, 6) is 1.89. The molecule has 0 aromatic carbocycles. The fraction of sp³-hybridized carbons (Fsp3) is 0.579. The van der Waals surface area contributed by atoms with Crippen molar-refractivity contribution in [3.63, 3.8) is 0 Å². The number of nitrogens with two attached hydrogens (primary N) is 1. The van der Waals surface area contributed by atoms with Crippen LogP contribution in [0, 0.1) is 18.4 Å². The molecule has 3 N–H and O–H groups in total. The third-order valence-corrected chi connectivity index (χ3v) is 5.00. The number of esters is 1. The molecule has 3 heterocycles. The molecule has 9 nitrogen and oxygen atoms in total. The smallest absolute Gasteiger partial charge is 0.312 e. The third kappa shape index (κ3) is 4.16. The van der Waals surface area contributed by atoms with E-state index in [1.807, 2.05) is 0 Å². The van der Waals surface area contributed by atoms with E-state index in [1.165, 1.54) is 10.9 Å². The number of aliphatic hydroxyl groups excluding tert-OH is 1. The molecule has 3 rings (SSSR count). The van der Waals surface area contributed by atoms with Gasteiger partial charge in [0.1, 0.15) is 12.3 Å². The van der Waals surface area contributed by atoms with Crippen LogP contribution in [0.2, 0.25) is 0 Å². The minimum Gasteiger partial charge on any atom is -0.458 e. The van der Waals surface area contributed by atoms with E-state index in [2.05, 4.69) is 27.8 Å². The molecule has 1 fully saturated rings. The number of anilines is 1. The van der Waals surface area contributed by atoms with Gasteiger partial charge in [-0.05, 0) is 6.42 Å². The number of ether oxygens (including phenoxy) is 2. The highest BCUT2D eigenvalue weighted by atomic mass is 19.1. The van der Waals surface area contributed by atoms with Gasteiger partial charge in [-0.3, -0.25) is 9.36 Å². The van der Waals surface area contributed by atoms with Crippen LogP contribution in [-0.2, 0) is 14.3 Å². The van der Waals surface area contributed by atoms with Crippen LogP contribution in [0.25, 0.3) is 11.2 Å². The third-order valence-electron chi connectivity index (χ3n) is 5.00. The molecule has 0 bridgehead atoms. The summed E-state index contributed by atoms with van der Waals surface area (Å²) in [5.41, 5.74) is 4.50. The topological polar surface area (TPSA) is 125 Å². The Bertz CT molecular complexity index is 927. The number of aliphatic hydroxyl groups is 1. The highest BCUT2D eigenvalue weighted by Gasteiger charge is 2.51. The van der Waals surface area contributed by atoms with Crippen molar-refractivity contribution in [2.75, 3.05) is 12.3 Å². The number of terminal acetylenes is 1. The van der Waals surface area contributed by atoms with Gasteiger partial charge in [-0.15, -0.1) is 6.42 Å². The summed E-state index contributed by atoms with van der Waals surface area (Å²) < 4.78 is 26.5. The van der Waals surface area contributed by atoms with E-state index >= 15 is 0 Å². The van der Waals surface area contributed by atoms with Crippen LogP contribution in [0.1, 0.15) is 51.7 Å². The van der Waals surface area contributed by atoms with E-state index in [0.29, 0.717) is 6.42 Å². The standard InChI is InChI=1S/C19H24FN5O4/c1-3-5-6-7-8-14(27)28-12-9-13(29-19(12,4-2)10-26)25-11-22-15-16(21)23-18(20)24-17(15)25/h2,11-13,26H,3,5-10H2,1H3,(H2,21,23,24). The zero-order valence-corrected chi connectivity index (χ0v) is 16.2. The molecule has 0 aliphatic carbocycles. The van der Waals surface area contributed by atoms with E-state index in [9.17, 15) is 14.3 Å². The Morgan fingerprint density at radius 1 is 1.52 bits per heavy atom. The Kier molecular flexibility index (Phi) is 6.30. The van der Waals surface area contributed by atoms with Gasteiger partial charge in [-0.1, -0.05) is 32.1 Å². The zero-order chi connectivity index (χ0) is 21.0. The number of nitrogen functional groups attached to an aromatic ring is 1. The molecule has 2 aromatic heterocycles. The van der Waals surface area contributed by atoms with Crippen molar-refractivity contribution < 1.29 is 23.8 Å². The maximum absolute atomic E-state index is 13.6. The van der Waals surface area contributed by atoms with Crippen molar-refractivity contribution in [3.05, 3.63) is 12.4 Å². The average molecular weight is 405 g/mol. The summed E-state index contributed by atoms with van der Waals surface area (Å²) >= 11 is 0. The summed E-state index contributed by atoms with van der Waals surface area (Å²) in [6.45, 7) is 1.53. The summed E-state index contributed by atoms with van der Waals surface area (Å²) in [7, 11) is 0. The van der Waals surface area contributed by atoms with Crippen molar-refractivity contribution in [3.8, 4) is 12.3 Å². The number of halogens is 1. The molecule has 0 radical (unpaired) electrons. The second kappa shape index (κ2) is 8.71. The van der Waals surface area contributed by atoms with Crippen molar-refractivity contribution in [2.24, 2.45) is 0 Å². The number of fused-ring (bicyclic) bond motifs is 1. The maximum Gasteiger partial charge on any atom is 0.312 e. The number of unbranched alkanes of at least 4 members (excludes halogenated alkanes) is 3. The number of hydrogen-bond acceptors (Lipinski definition) is 8. The van der Waals surface area contributed by atoms with Gasteiger partial charge in [0.2, 0.25) is 0 Å². The molecular weight excluding hydrogens is 381 g/mol. The SMILES string of the molecule is C#CC1(CO)OC(n2cnc3c(N)nc(F)nc32)CC1OC(=O)CCCCCC. The average Bonchev–Trinajstić information content (AvgIpc) is 3.27. The molecule has 1 saturated heterocycles. The lowest BCUT2D eigenvalue weighted by Crippen LogP contribution is -2.44. The molecule has 1 aliphatic heterocycles. The molecule has 1 aliphatic rings. The Hall–Kier alpha value is -2.77. The summed E-state index contributed by atoms with van der Waals surface area (Å²) in [6.07, 6.45) is 8.47. The molecule has 2 aromatic rings. The number of nitrogens with zero attached hydrogens (tertiary/aromatic N) is 4. The summed E-state index contributed by atoms with van der Waals surface area (Å²) in [5, 5.41) is 9.87. The van der Waals surface area contributed by atoms with Crippen LogP contribution in [0.15, 0.2) is 6.33 Å². The lowest BCUT2D eigenvalue weighted by Gasteiger charge is -2.26. The monoisotopic (exact) mass is 405 g/mol. The Labute approximate surface area is 167 Å². The van der Waals surface area contributed by atoms with Gasteiger partial charge in [-0.2, -0.15) is 14.4 Å². The highest BCUT2D eigenvalue weighted by Crippen LogP contribution is 2.39. The summed E-state index contributed by atoms with van der Waals surface area (Å²) in [6, 6.07) is 0. The first kappa shape index (κ1) is 21.0. The van der Waals surface area contributed by atoms with Crippen LogP contribution < -0.4 is 5.73 Å². The molecule has 3 atom stereocenters. The van der Waals surface area contributed by atoms with Gasteiger partial charge in [0.25, 0.3) is 0 Å². The van der Waals surface area contributed by atoms with Gasteiger partial charge in [0.15, 0.2) is 22.6 Å². The maximum atomic E-state index is 13.6. The van der Waals surface area contributed by atoms with Crippen LogP contribution in [0.5, 0.6) is 0 Å². The largest absolute Gasteiger partial charge is 0.458 e. The molecular formula is C19H24FN5O4. The minimum atomic E-state index is -1.52. The molecule has 0 spiro atoms. The number of aromatic nitrogens is 4. The molecule has 156 valence electrons. The van der Waals surface area contributed by atoms with Crippen LogP contribution in [-0.4, -0.2) is 48.9 Å². The number of hydrogen-bond donors (Lipinski definition) is 2. The minimum absolute atomic E-state index is 0.107. The van der Waals surface area contributed by atoms with Gasteiger partial charge >= 0.3 is 12.0 Å². The second-order valence-electron chi connectivity index (χ2n) is 6.99. The lowest BCUT2D eigenvalue weighted by atomic mass is 9.98. The fourth-order valence-electron chi connectivity index (χ4n) is 3.40. The van der Waals surface area contributed by atoms with Crippen molar-refractivity contribution in [2.45, 2.75) is 63.4 Å². The van der Waals surface area contributed by atoms with Crippen molar-refractivity contribution >= 4 is 23.0 Å². The second-order valence-corrected chi connectivity index (χ2v) is 6.99. The molecule has 0 saturated carbocycles. The van der Waals surface area contributed by atoms with Gasteiger partial charge in [-0.25, -0.2) is 4.98 Å². The van der Waals surface area contributed by atoms with E-state index in [1.54, 1.807) is 0 Å². The molecule has 3 unspecified atom stereocenters. The van der Waals surface area contributed by atoms with Crippen LogP contribution in [0.4, 0.5) is 10.2 Å². The Morgan fingerprint density at radius 3 is 3.00 bits per heavy atom. The quantitative estimate of drug-likeness (QED) is 0.294. The van der Waals surface area contributed by atoms with Crippen LogP contribution in [0.3, 0.4) is 0 Å². The molecule has 0 amide bonds.